The first-order valence-electron chi connectivity index (χ1n) is 4.26. The van der Waals surface area contributed by atoms with E-state index in [9.17, 15) is 9.59 Å². The van der Waals surface area contributed by atoms with Gasteiger partial charge in [0.2, 0.25) is 11.8 Å². The first-order chi connectivity index (χ1) is 5.86. The van der Waals surface area contributed by atoms with Crippen LogP contribution in [0.3, 0.4) is 0 Å². The lowest BCUT2D eigenvalue weighted by atomic mass is 9.99. The molecule has 0 aromatic heterocycles. The Labute approximate surface area is 93.0 Å². The fourth-order valence-corrected chi connectivity index (χ4v) is 1.50. The van der Waals surface area contributed by atoms with Crippen LogP contribution in [0.25, 0.3) is 0 Å². The van der Waals surface area contributed by atoms with E-state index >= 15 is 0 Å². The third kappa shape index (κ3) is 3.25. The van der Waals surface area contributed by atoms with Crippen molar-refractivity contribution in [2.24, 2.45) is 0 Å². The maximum Gasteiger partial charge on any atom is 0.239 e. The lowest BCUT2D eigenvalue weighted by Gasteiger charge is -2.35. The molecule has 0 saturated heterocycles. The molecular weight excluding hydrogens is 281 g/mol. The molecule has 0 fully saturated rings. The Hall–Kier alpha value is -0.130. The molecular formula is C9H16INO2. The summed E-state index contributed by atoms with van der Waals surface area (Å²) in [6.07, 6.45) is 0.773. The van der Waals surface area contributed by atoms with Crippen LogP contribution in [0.15, 0.2) is 0 Å². The average molecular weight is 297 g/mol. The summed E-state index contributed by atoms with van der Waals surface area (Å²) >= 11 is 1.97. The molecule has 0 rings (SSSR count). The highest BCUT2D eigenvalue weighted by Crippen LogP contribution is 2.19. The minimum atomic E-state index is -0.367. The van der Waals surface area contributed by atoms with Crippen LogP contribution in [0.5, 0.6) is 0 Å². The SMILES string of the molecule is CCC(C)(C)N(C(C)=O)C(=O)CI. The molecule has 0 heterocycles. The zero-order valence-electron chi connectivity index (χ0n) is 8.56. The van der Waals surface area contributed by atoms with Gasteiger partial charge in [0.15, 0.2) is 0 Å². The number of hydrogen-bond donors (Lipinski definition) is 0. The number of imide groups is 1. The number of nitrogens with zero attached hydrogens (tertiary/aromatic N) is 1. The van der Waals surface area contributed by atoms with E-state index in [-0.39, 0.29) is 17.4 Å². The van der Waals surface area contributed by atoms with E-state index in [1.54, 1.807) is 0 Å². The molecule has 0 atom stereocenters. The van der Waals surface area contributed by atoms with Crippen LogP contribution in [0, 0.1) is 0 Å². The molecule has 76 valence electrons. The van der Waals surface area contributed by atoms with Crippen molar-refractivity contribution in [1.29, 1.82) is 0 Å². The summed E-state index contributed by atoms with van der Waals surface area (Å²) in [5.41, 5.74) is -0.367. The van der Waals surface area contributed by atoms with E-state index in [0.29, 0.717) is 4.43 Å². The number of carbonyl (C=O) groups is 2. The normalized spacial score (nSPS) is 11.2. The number of carbonyl (C=O) groups excluding carboxylic acids is 2. The molecule has 0 radical (unpaired) electrons. The highest BCUT2D eigenvalue weighted by atomic mass is 127. The zero-order valence-corrected chi connectivity index (χ0v) is 10.7. The molecule has 0 aliphatic rings. The number of alkyl halides is 1. The molecule has 2 amide bonds. The Kier molecular flexibility index (Phi) is 4.88. The van der Waals surface area contributed by atoms with Crippen LogP contribution in [-0.4, -0.2) is 26.7 Å². The second-order valence-corrected chi connectivity index (χ2v) is 4.31. The molecule has 0 aliphatic heterocycles. The summed E-state index contributed by atoms with van der Waals surface area (Å²) in [5.74, 6) is -0.284. The number of hydrogen-bond acceptors (Lipinski definition) is 2. The van der Waals surface area contributed by atoms with Gasteiger partial charge in [-0.2, -0.15) is 0 Å². The van der Waals surface area contributed by atoms with Crippen molar-refractivity contribution in [3.8, 4) is 0 Å². The van der Waals surface area contributed by atoms with Gasteiger partial charge < -0.3 is 0 Å². The quantitative estimate of drug-likeness (QED) is 0.590. The van der Waals surface area contributed by atoms with Crippen molar-refractivity contribution < 1.29 is 9.59 Å². The summed E-state index contributed by atoms with van der Waals surface area (Å²) in [5, 5.41) is 0. The summed E-state index contributed by atoms with van der Waals surface area (Å²) in [4.78, 5) is 24.1. The molecule has 0 aromatic rings. The van der Waals surface area contributed by atoms with Gasteiger partial charge in [0.25, 0.3) is 0 Å². The van der Waals surface area contributed by atoms with Gasteiger partial charge in [-0.1, -0.05) is 29.5 Å². The molecule has 4 heteroatoms. The Balaban J connectivity index is 4.81. The van der Waals surface area contributed by atoms with E-state index < -0.39 is 0 Å². The van der Waals surface area contributed by atoms with Gasteiger partial charge in [-0.3, -0.25) is 14.5 Å². The summed E-state index contributed by atoms with van der Waals surface area (Å²) in [6, 6.07) is 0. The van der Waals surface area contributed by atoms with E-state index in [0.717, 1.165) is 6.42 Å². The first kappa shape index (κ1) is 12.9. The first-order valence-corrected chi connectivity index (χ1v) is 5.79. The highest BCUT2D eigenvalue weighted by Gasteiger charge is 2.31. The second kappa shape index (κ2) is 4.93. The fourth-order valence-electron chi connectivity index (χ4n) is 1.16. The standard InChI is InChI=1S/C9H16INO2/c1-5-9(3,4)11(7(2)12)8(13)6-10/h5-6H2,1-4H3. The smallest absolute Gasteiger partial charge is 0.239 e. The van der Waals surface area contributed by atoms with Gasteiger partial charge >= 0.3 is 0 Å². The molecule has 0 bridgehead atoms. The van der Waals surface area contributed by atoms with Crippen LogP contribution >= 0.6 is 22.6 Å². The lowest BCUT2D eigenvalue weighted by Crippen LogP contribution is -2.50. The van der Waals surface area contributed by atoms with Gasteiger partial charge in [-0.25, -0.2) is 0 Å². The van der Waals surface area contributed by atoms with Crippen molar-refractivity contribution in [2.45, 2.75) is 39.7 Å². The van der Waals surface area contributed by atoms with Gasteiger partial charge in [-0.15, -0.1) is 0 Å². The largest absolute Gasteiger partial charge is 0.277 e. The summed E-state index contributed by atoms with van der Waals surface area (Å²) in [7, 11) is 0. The van der Waals surface area contributed by atoms with Gasteiger partial charge in [0.05, 0.1) is 4.43 Å². The van der Waals surface area contributed by atoms with Crippen molar-refractivity contribution >= 4 is 34.4 Å². The molecule has 0 saturated carbocycles. The monoisotopic (exact) mass is 297 g/mol. The van der Waals surface area contributed by atoms with Gasteiger partial charge in [-0.05, 0) is 20.3 Å². The predicted molar refractivity (Wildman–Crippen MR) is 60.8 cm³/mol. The number of rotatable bonds is 3. The van der Waals surface area contributed by atoms with Crippen LogP contribution in [0.1, 0.15) is 34.1 Å². The summed E-state index contributed by atoms with van der Waals surface area (Å²) in [6.45, 7) is 7.20. The molecule has 0 N–H and O–H groups in total. The molecule has 0 aliphatic carbocycles. The highest BCUT2D eigenvalue weighted by molar-refractivity contribution is 14.1. The maximum atomic E-state index is 11.5. The van der Waals surface area contributed by atoms with Gasteiger partial charge in [0.1, 0.15) is 0 Å². The zero-order chi connectivity index (χ0) is 10.6. The predicted octanol–water partition coefficient (Wildman–Crippen LogP) is 1.99. The Bertz CT molecular complexity index is 214. The van der Waals surface area contributed by atoms with E-state index in [1.165, 1.54) is 11.8 Å². The minimum absolute atomic E-state index is 0.111. The average Bonchev–Trinajstić information content (AvgIpc) is 2.03. The van der Waals surface area contributed by atoms with E-state index in [1.807, 2.05) is 43.4 Å². The maximum absolute atomic E-state index is 11.5. The van der Waals surface area contributed by atoms with Crippen molar-refractivity contribution in [3.63, 3.8) is 0 Å². The van der Waals surface area contributed by atoms with Gasteiger partial charge in [0, 0.05) is 12.5 Å². The minimum Gasteiger partial charge on any atom is -0.277 e. The Morgan fingerprint density at radius 1 is 1.38 bits per heavy atom. The lowest BCUT2D eigenvalue weighted by molar-refractivity contribution is -0.148. The molecule has 0 spiro atoms. The fraction of sp³-hybridized carbons (Fsp3) is 0.778. The van der Waals surface area contributed by atoms with Crippen LogP contribution in [-0.2, 0) is 9.59 Å². The summed E-state index contributed by atoms with van der Waals surface area (Å²) < 4.78 is 0.348. The number of halogens is 1. The Morgan fingerprint density at radius 3 is 2.08 bits per heavy atom. The number of amides is 2. The van der Waals surface area contributed by atoms with Crippen molar-refractivity contribution in [1.82, 2.24) is 4.90 Å². The van der Waals surface area contributed by atoms with Crippen LogP contribution in [0.4, 0.5) is 0 Å². The molecule has 13 heavy (non-hydrogen) atoms. The molecule has 0 unspecified atom stereocenters. The third-order valence-electron chi connectivity index (χ3n) is 2.15. The van der Waals surface area contributed by atoms with Crippen molar-refractivity contribution in [3.05, 3.63) is 0 Å². The Morgan fingerprint density at radius 2 is 1.85 bits per heavy atom. The molecule has 0 aromatic carbocycles. The van der Waals surface area contributed by atoms with Crippen molar-refractivity contribution in [2.75, 3.05) is 4.43 Å². The van der Waals surface area contributed by atoms with Crippen LogP contribution in [0.2, 0.25) is 0 Å². The van der Waals surface area contributed by atoms with Crippen LogP contribution < -0.4 is 0 Å². The van der Waals surface area contributed by atoms with E-state index in [2.05, 4.69) is 0 Å². The van der Waals surface area contributed by atoms with E-state index in [4.69, 9.17) is 0 Å². The topological polar surface area (TPSA) is 37.4 Å². The second-order valence-electron chi connectivity index (χ2n) is 3.55. The third-order valence-corrected chi connectivity index (χ3v) is 2.80. The molecule has 3 nitrogen and oxygen atoms in total.